The lowest BCUT2D eigenvalue weighted by Crippen LogP contribution is -2.36. The molecule has 1 saturated heterocycles. The van der Waals surface area contributed by atoms with Crippen LogP contribution in [-0.4, -0.2) is 29.1 Å². The Bertz CT molecular complexity index is 208. The third-order valence-corrected chi connectivity index (χ3v) is 1.48. The molecule has 0 aromatic heterocycles. The molecule has 3 N–H and O–H groups in total. The van der Waals surface area contributed by atoms with Crippen molar-refractivity contribution in [2.45, 2.75) is 12.8 Å². The molecule has 1 aliphatic rings. The minimum atomic E-state index is -0.231. The highest BCUT2D eigenvalue weighted by Crippen LogP contribution is 2.10. The van der Waals surface area contributed by atoms with E-state index in [-0.39, 0.29) is 37.0 Å². The van der Waals surface area contributed by atoms with Crippen LogP contribution in [0.25, 0.3) is 0 Å². The van der Waals surface area contributed by atoms with Crippen LogP contribution in [0.3, 0.4) is 0 Å². The molecule has 5 heteroatoms. The van der Waals surface area contributed by atoms with Crippen molar-refractivity contribution in [3.63, 3.8) is 0 Å². The molecule has 60 valence electrons. The number of likely N-dealkylation sites (tertiary alicyclic amines) is 1. The number of nitrogens with two attached hydrogens (primary N) is 1. The van der Waals surface area contributed by atoms with Crippen molar-refractivity contribution in [3.8, 4) is 0 Å². The molecule has 1 rings (SSSR count). The molecule has 0 radical (unpaired) electrons. The van der Waals surface area contributed by atoms with Gasteiger partial charge < -0.3 is 5.73 Å². The third kappa shape index (κ3) is 1.54. The highest BCUT2D eigenvalue weighted by Gasteiger charge is 2.28. The second kappa shape index (κ2) is 2.69. The van der Waals surface area contributed by atoms with Crippen LogP contribution in [0.1, 0.15) is 12.8 Å². The smallest absolute Gasteiger partial charge is 0.230 e. The highest BCUT2D eigenvalue weighted by atomic mass is 16.2. The Morgan fingerprint density at radius 3 is 2.27 bits per heavy atom. The van der Waals surface area contributed by atoms with Gasteiger partial charge in [0.2, 0.25) is 11.8 Å². The van der Waals surface area contributed by atoms with Gasteiger partial charge in [0, 0.05) is 12.8 Å². The molecule has 1 heterocycles. The second-order valence-corrected chi connectivity index (χ2v) is 2.40. The monoisotopic (exact) mass is 155 g/mol. The molecule has 11 heavy (non-hydrogen) atoms. The van der Waals surface area contributed by atoms with Crippen LogP contribution in [0.5, 0.6) is 0 Å². The lowest BCUT2D eigenvalue weighted by Gasteiger charge is -2.11. The number of carbonyl (C=O) groups excluding carboxylic acids is 2. The Hall–Kier alpha value is -1.39. The molecule has 1 fully saturated rings. The normalized spacial score (nSPS) is 17.6. The number of rotatable bonds is 2. The molecule has 0 aromatic carbocycles. The van der Waals surface area contributed by atoms with Crippen molar-refractivity contribution in [3.05, 3.63) is 0 Å². The topological polar surface area (TPSA) is 87.2 Å². The number of amides is 2. The van der Waals surface area contributed by atoms with Gasteiger partial charge in [0.1, 0.15) is 5.84 Å². The molecule has 0 saturated carbocycles. The largest absolute Gasteiger partial charge is 0.386 e. The zero-order valence-corrected chi connectivity index (χ0v) is 5.96. The lowest BCUT2D eigenvalue weighted by atomic mass is 10.4. The van der Waals surface area contributed by atoms with Gasteiger partial charge in [-0.15, -0.1) is 0 Å². The third-order valence-electron chi connectivity index (χ3n) is 1.48. The Labute approximate surface area is 63.7 Å². The summed E-state index contributed by atoms with van der Waals surface area (Å²) < 4.78 is 0. The van der Waals surface area contributed by atoms with E-state index in [2.05, 4.69) is 0 Å². The Morgan fingerprint density at radius 1 is 1.45 bits per heavy atom. The average Bonchev–Trinajstić information content (AvgIpc) is 2.18. The summed E-state index contributed by atoms with van der Waals surface area (Å²) in [5.41, 5.74) is 5.03. The summed E-state index contributed by atoms with van der Waals surface area (Å²) in [5, 5.41) is 6.87. The number of nitrogens with zero attached hydrogens (tertiary/aromatic N) is 1. The number of nitrogens with one attached hydrogen (secondary N) is 1. The van der Waals surface area contributed by atoms with E-state index in [1.807, 2.05) is 0 Å². The Morgan fingerprint density at radius 2 is 1.91 bits per heavy atom. The van der Waals surface area contributed by atoms with E-state index in [1.54, 1.807) is 0 Å². The summed E-state index contributed by atoms with van der Waals surface area (Å²) in [6.45, 7) is -0.0579. The summed E-state index contributed by atoms with van der Waals surface area (Å²) in [5.74, 6) is -0.621. The minimum absolute atomic E-state index is 0.0579. The van der Waals surface area contributed by atoms with Gasteiger partial charge in [-0.1, -0.05) is 0 Å². The van der Waals surface area contributed by atoms with E-state index < -0.39 is 0 Å². The Balaban J connectivity index is 2.62. The van der Waals surface area contributed by atoms with Gasteiger partial charge in [0.15, 0.2) is 0 Å². The first-order valence-corrected chi connectivity index (χ1v) is 3.27. The number of amidine groups is 1. The predicted molar refractivity (Wildman–Crippen MR) is 37.9 cm³/mol. The van der Waals surface area contributed by atoms with Gasteiger partial charge in [0.05, 0.1) is 6.54 Å². The predicted octanol–water partition coefficient (Wildman–Crippen LogP) is -0.929. The second-order valence-electron chi connectivity index (χ2n) is 2.40. The maximum absolute atomic E-state index is 10.9. The molecule has 0 spiro atoms. The number of hydrogen-bond acceptors (Lipinski definition) is 3. The first-order chi connectivity index (χ1) is 5.11. The van der Waals surface area contributed by atoms with Gasteiger partial charge in [0.25, 0.3) is 0 Å². The minimum Gasteiger partial charge on any atom is -0.386 e. The fraction of sp³-hybridized carbons (Fsp3) is 0.500. The lowest BCUT2D eigenvalue weighted by molar-refractivity contribution is -0.137. The van der Waals surface area contributed by atoms with Crippen molar-refractivity contribution < 1.29 is 9.59 Å². The van der Waals surface area contributed by atoms with E-state index in [4.69, 9.17) is 11.1 Å². The van der Waals surface area contributed by atoms with Crippen molar-refractivity contribution in [2.75, 3.05) is 6.54 Å². The van der Waals surface area contributed by atoms with Gasteiger partial charge in [-0.05, 0) is 0 Å². The van der Waals surface area contributed by atoms with Crippen molar-refractivity contribution >= 4 is 17.6 Å². The van der Waals surface area contributed by atoms with Crippen molar-refractivity contribution in [1.29, 1.82) is 5.41 Å². The van der Waals surface area contributed by atoms with Crippen LogP contribution < -0.4 is 5.73 Å². The van der Waals surface area contributed by atoms with Crippen LogP contribution in [0.4, 0.5) is 0 Å². The Kier molecular flexibility index (Phi) is 1.89. The number of imide groups is 1. The van der Waals surface area contributed by atoms with E-state index >= 15 is 0 Å². The van der Waals surface area contributed by atoms with E-state index in [9.17, 15) is 9.59 Å². The summed E-state index contributed by atoms with van der Waals surface area (Å²) in [6.07, 6.45) is 0.512. The molecule has 0 unspecified atom stereocenters. The molecular weight excluding hydrogens is 146 g/mol. The SMILES string of the molecule is N=C(N)CN1C(=O)CCC1=O. The van der Waals surface area contributed by atoms with Gasteiger partial charge in [-0.25, -0.2) is 0 Å². The number of carbonyl (C=O) groups is 2. The summed E-state index contributed by atoms with van der Waals surface area (Å²) >= 11 is 0. The standard InChI is InChI=1S/C6H9N3O2/c7-4(8)3-9-5(10)1-2-6(9)11/h1-3H2,(H3,7,8). The molecule has 0 atom stereocenters. The first kappa shape index (κ1) is 7.71. The molecule has 2 amide bonds. The molecular formula is C6H9N3O2. The van der Waals surface area contributed by atoms with Crippen LogP contribution in [-0.2, 0) is 9.59 Å². The molecule has 0 aromatic rings. The molecule has 0 aliphatic carbocycles. The highest BCUT2D eigenvalue weighted by molar-refractivity contribution is 6.04. The van der Waals surface area contributed by atoms with Crippen LogP contribution in [0.2, 0.25) is 0 Å². The van der Waals surface area contributed by atoms with Crippen molar-refractivity contribution in [1.82, 2.24) is 4.90 Å². The summed E-state index contributed by atoms with van der Waals surface area (Å²) in [7, 11) is 0. The zero-order valence-electron chi connectivity index (χ0n) is 5.96. The van der Waals surface area contributed by atoms with Crippen LogP contribution in [0.15, 0.2) is 0 Å². The maximum Gasteiger partial charge on any atom is 0.230 e. The van der Waals surface area contributed by atoms with E-state index in [0.29, 0.717) is 0 Å². The first-order valence-electron chi connectivity index (χ1n) is 3.27. The van der Waals surface area contributed by atoms with Gasteiger partial charge >= 0.3 is 0 Å². The molecule has 0 bridgehead atoms. The average molecular weight is 155 g/mol. The van der Waals surface area contributed by atoms with Crippen LogP contribution >= 0.6 is 0 Å². The molecule has 1 aliphatic heterocycles. The fourth-order valence-corrected chi connectivity index (χ4v) is 0.970. The van der Waals surface area contributed by atoms with Crippen LogP contribution in [0, 0.1) is 5.41 Å². The summed E-state index contributed by atoms with van der Waals surface area (Å²) in [6, 6.07) is 0. The van der Waals surface area contributed by atoms with E-state index in [0.717, 1.165) is 4.90 Å². The molecule has 5 nitrogen and oxygen atoms in total. The fourth-order valence-electron chi connectivity index (χ4n) is 0.970. The van der Waals surface area contributed by atoms with Gasteiger partial charge in [-0.3, -0.25) is 19.9 Å². The van der Waals surface area contributed by atoms with Crippen molar-refractivity contribution in [2.24, 2.45) is 5.73 Å². The van der Waals surface area contributed by atoms with Gasteiger partial charge in [-0.2, -0.15) is 0 Å². The van der Waals surface area contributed by atoms with E-state index in [1.165, 1.54) is 0 Å². The summed E-state index contributed by atoms with van der Waals surface area (Å²) in [4.78, 5) is 22.8. The zero-order chi connectivity index (χ0) is 8.43. The number of hydrogen-bond donors (Lipinski definition) is 2. The maximum atomic E-state index is 10.9. The quantitative estimate of drug-likeness (QED) is 0.307.